The number of carbonyl (C=O) groups is 2. The van der Waals surface area contributed by atoms with Crippen molar-refractivity contribution in [3.8, 4) is 0 Å². The van der Waals surface area contributed by atoms with Gasteiger partial charge in [-0.25, -0.2) is 12.8 Å². The molecule has 9 heteroatoms. The van der Waals surface area contributed by atoms with Crippen molar-refractivity contribution in [2.24, 2.45) is 0 Å². The van der Waals surface area contributed by atoms with Crippen LogP contribution in [0, 0.1) is 26.6 Å². The highest BCUT2D eigenvalue weighted by molar-refractivity contribution is 7.93. The molecule has 0 spiro atoms. The highest BCUT2D eigenvalue weighted by Gasteiger charge is 2.43. The number of anilines is 2. The lowest BCUT2D eigenvalue weighted by Gasteiger charge is -2.37. The van der Waals surface area contributed by atoms with E-state index in [1.807, 2.05) is 6.92 Å². The van der Waals surface area contributed by atoms with Crippen molar-refractivity contribution >= 4 is 33.2 Å². The molecule has 4 rings (SSSR count). The van der Waals surface area contributed by atoms with E-state index in [4.69, 9.17) is 0 Å². The highest BCUT2D eigenvalue weighted by Crippen LogP contribution is 2.39. The molecule has 0 bridgehead atoms. The topological polar surface area (TPSA) is 95.6 Å². The van der Waals surface area contributed by atoms with Crippen molar-refractivity contribution in [3.63, 3.8) is 0 Å². The van der Waals surface area contributed by atoms with Gasteiger partial charge in [0.2, 0.25) is 11.8 Å². The van der Waals surface area contributed by atoms with E-state index in [1.54, 1.807) is 26.0 Å². The average Bonchev–Trinajstić information content (AvgIpc) is 2.73. The van der Waals surface area contributed by atoms with E-state index in [2.05, 4.69) is 10.6 Å². The first-order chi connectivity index (χ1) is 16.1. The zero-order chi connectivity index (χ0) is 24.6. The van der Waals surface area contributed by atoms with Gasteiger partial charge >= 0.3 is 0 Å². The first kappa shape index (κ1) is 24.2. The summed E-state index contributed by atoms with van der Waals surface area (Å²) in [4.78, 5) is 26.1. The molecule has 34 heavy (non-hydrogen) atoms. The van der Waals surface area contributed by atoms with Crippen LogP contribution in [0.4, 0.5) is 15.8 Å². The number of benzene rings is 2. The molecule has 0 aromatic heterocycles. The van der Waals surface area contributed by atoms with Gasteiger partial charge in [0.1, 0.15) is 11.9 Å². The van der Waals surface area contributed by atoms with Crippen molar-refractivity contribution in [2.45, 2.75) is 76.3 Å². The van der Waals surface area contributed by atoms with Crippen LogP contribution in [-0.2, 0) is 19.6 Å². The maximum atomic E-state index is 14.0. The van der Waals surface area contributed by atoms with E-state index in [-0.39, 0.29) is 34.6 Å². The number of sulfonamides is 1. The Labute approximate surface area is 199 Å². The van der Waals surface area contributed by atoms with Crippen LogP contribution >= 0.6 is 0 Å². The number of halogens is 1. The van der Waals surface area contributed by atoms with E-state index in [0.29, 0.717) is 11.1 Å². The van der Waals surface area contributed by atoms with E-state index < -0.39 is 27.8 Å². The second-order valence-electron chi connectivity index (χ2n) is 9.30. The number of hydrogen-bond donors (Lipinski definition) is 2. The molecule has 1 saturated carbocycles. The van der Waals surface area contributed by atoms with Crippen LogP contribution in [0.3, 0.4) is 0 Å². The molecule has 7 nitrogen and oxygen atoms in total. The number of fused-ring (bicyclic) bond motifs is 1. The molecular weight excluding hydrogens is 457 g/mol. The monoisotopic (exact) mass is 487 g/mol. The summed E-state index contributed by atoms with van der Waals surface area (Å²) < 4.78 is 43.0. The largest absolute Gasteiger partial charge is 0.353 e. The summed E-state index contributed by atoms with van der Waals surface area (Å²) in [5.41, 5.74) is 2.18. The number of nitrogens with zero attached hydrogens (tertiary/aromatic N) is 1. The molecule has 1 atom stereocenters. The minimum absolute atomic E-state index is 0.0286. The molecule has 2 aromatic carbocycles. The molecular formula is C25H30FN3O4S. The number of aryl methyl sites for hydroxylation is 3. The fraction of sp³-hybridized carbons (Fsp3) is 0.440. The van der Waals surface area contributed by atoms with Gasteiger partial charge in [0.05, 0.1) is 22.7 Å². The summed E-state index contributed by atoms with van der Waals surface area (Å²) in [7, 11) is -4.26. The second kappa shape index (κ2) is 9.37. The van der Waals surface area contributed by atoms with Crippen molar-refractivity contribution in [1.29, 1.82) is 0 Å². The van der Waals surface area contributed by atoms with Gasteiger partial charge < -0.3 is 10.6 Å². The van der Waals surface area contributed by atoms with Crippen LogP contribution in [-0.4, -0.2) is 32.3 Å². The summed E-state index contributed by atoms with van der Waals surface area (Å²) >= 11 is 0. The minimum Gasteiger partial charge on any atom is -0.353 e. The fourth-order valence-corrected chi connectivity index (χ4v) is 7.20. The lowest BCUT2D eigenvalue weighted by molar-refractivity contribution is -0.125. The van der Waals surface area contributed by atoms with E-state index in [0.717, 1.165) is 54.1 Å². The van der Waals surface area contributed by atoms with Crippen LogP contribution in [0.5, 0.6) is 0 Å². The van der Waals surface area contributed by atoms with Crippen molar-refractivity contribution < 1.29 is 22.4 Å². The molecule has 1 aliphatic heterocycles. The van der Waals surface area contributed by atoms with Crippen LogP contribution in [0.1, 0.15) is 55.2 Å². The standard InChI is InChI=1S/C25H30FN3O4S/c1-15-11-16(2)24(17(3)12-15)34(32,33)29-21-10-9-18(26)13-20(21)28-25(31)22(29)14-23(30)27-19-7-5-4-6-8-19/h9-13,19,22H,4-8,14H2,1-3H3,(H,27,30)(H,28,31). The molecule has 1 heterocycles. The van der Waals surface area contributed by atoms with Crippen LogP contribution in [0.2, 0.25) is 0 Å². The molecule has 2 aromatic rings. The molecule has 2 N–H and O–H groups in total. The molecule has 2 amide bonds. The summed E-state index contributed by atoms with van der Waals surface area (Å²) in [6.45, 7) is 5.28. The fourth-order valence-electron chi connectivity index (χ4n) is 5.14. The molecule has 1 fully saturated rings. The Morgan fingerprint density at radius 3 is 2.38 bits per heavy atom. The molecule has 0 radical (unpaired) electrons. The van der Waals surface area contributed by atoms with Crippen LogP contribution in [0.15, 0.2) is 35.2 Å². The third kappa shape index (κ3) is 4.66. The normalized spacial score (nSPS) is 18.9. The quantitative estimate of drug-likeness (QED) is 0.664. The number of hydrogen-bond acceptors (Lipinski definition) is 4. The second-order valence-corrected chi connectivity index (χ2v) is 11.1. The molecule has 1 aliphatic carbocycles. The molecule has 1 unspecified atom stereocenters. The number of rotatable bonds is 5. The van der Waals surface area contributed by atoms with Crippen LogP contribution in [0.25, 0.3) is 0 Å². The zero-order valence-corrected chi connectivity index (χ0v) is 20.5. The first-order valence-electron chi connectivity index (χ1n) is 11.6. The van der Waals surface area contributed by atoms with E-state index in [1.165, 1.54) is 6.07 Å². The Hall–Kier alpha value is -2.94. The Morgan fingerprint density at radius 2 is 1.74 bits per heavy atom. The third-order valence-corrected chi connectivity index (χ3v) is 8.64. The van der Waals surface area contributed by atoms with Gasteiger partial charge in [0, 0.05) is 6.04 Å². The van der Waals surface area contributed by atoms with Gasteiger partial charge in [-0.2, -0.15) is 0 Å². The zero-order valence-electron chi connectivity index (χ0n) is 19.7. The summed E-state index contributed by atoms with van der Waals surface area (Å²) in [6.07, 6.45) is 4.60. The van der Waals surface area contributed by atoms with Crippen molar-refractivity contribution in [1.82, 2.24) is 5.32 Å². The van der Waals surface area contributed by atoms with Gasteiger partial charge in [-0.05, 0) is 62.9 Å². The Balaban J connectivity index is 1.76. The summed E-state index contributed by atoms with van der Waals surface area (Å²) in [6, 6.07) is 5.82. The summed E-state index contributed by atoms with van der Waals surface area (Å²) in [5.74, 6) is -1.65. The Kier molecular flexibility index (Phi) is 6.66. The maximum Gasteiger partial charge on any atom is 0.265 e. The van der Waals surface area contributed by atoms with Crippen molar-refractivity contribution in [3.05, 3.63) is 52.8 Å². The van der Waals surface area contributed by atoms with Gasteiger partial charge in [0.25, 0.3) is 10.0 Å². The van der Waals surface area contributed by atoms with Gasteiger partial charge in [0.15, 0.2) is 0 Å². The maximum absolute atomic E-state index is 14.0. The van der Waals surface area contributed by atoms with E-state index >= 15 is 0 Å². The average molecular weight is 488 g/mol. The van der Waals surface area contributed by atoms with Crippen molar-refractivity contribution in [2.75, 3.05) is 9.62 Å². The molecule has 182 valence electrons. The third-order valence-electron chi connectivity index (χ3n) is 6.51. The number of carbonyl (C=O) groups excluding carboxylic acids is 2. The SMILES string of the molecule is Cc1cc(C)c(S(=O)(=O)N2c3ccc(F)cc3NC(=O)C2CC(=O)NC2CCCCC2)c(C)c1. The minimum atomic E-state index is -4.26. The van der Waals surface area contributed by atoms with Gasteiger partial charge in [-0.3, -0.25) is 13.9 Å². The Bertz CT molecular complexity index is 1220. The predicted molar refractivity (Wildman–Crippen MR) is 129 cm³/mol. The Morgan fingerprint density at radius 1 is 1.09 bits per heavy atom. The number of nitrogens with one attached hydrogen (secondary N) is 2. The predicted octanol–water partition coefficient (Wildman–Crippen LogP) is 4.11. The van der Waals surface area contributed by atoms with Gasteiger partial charge in [-0.1, -0.05) is 37.0 Å². The lowest BCUT2D eigenvalue weighted by Crippen LogP contribution is -2.53. The van der Waals surface area contributed by atoms with Gasteiger partial charge in [-0.15, -0.1) is 0 Å². The first-order valence-corrected chi connectivity index (χ1v) is 13.0. The number of amides is 2. The molecule has 0 saturated heterocycles. The highest BCUT2D eigenvalue weighted by atomic mass is 32.2. The van der Waals surface area contributed by atoms with Crippen LogP contribution < -0.4 is 14.9 Å². The van der Waals surface area contributed by atoms with E-state index in [9.17, 15) is 22.4 Å². The molecule has 2 aliphatic rings. The summed E-state index contributed by atoms with van der Waals surface area (Å²) in [5, 5.41) is 5.55. The smallest absolute Gasteiger partial charge is 0.265 e. The lowest BCUT2D eigenvalue weighted by atomic mass is 9.95.